The highest BCUT2D eigenvalue weighted by Gasteiger charge is 2.22. The van der Waals surface area contributed by atoms with Crippen LogP contribution in [-0.2, 0) is 20.7 Å². The van der Waals surface area contributed by atoms with E-state index in [-0.39, 0.29) is 17.3 Å². The van der Waals surface area contributed by atoms with E-state index in [0.29, 0.717) is 26.0 Å². The Labute approximate surface area is 151 Å². The number of hydrogen-bond donors (Lipinski definition) is 1. The van der Waals surface area contributed by atoms with Crippen molar-refractivity contribution in [2.45, 2.75) is 52.9 Å². The summed E-state index contributed by atoms with van der Waals surface area (Å²) in [5.74, 6) is -0.0258. The largest absolute Gasteiger partial charge is 0.466 e. The van der Waals surface area contributed by atoms with E-state index in [4.69, 9.17) is 10.5 Å². The number of nitrogens with zero attached hydrogens (tertiary/aromatic N) is 1. The van der Waals surface area contributed by atoms with Crippen molar-refractivity contribution in [3.8, 4) is 0 Å². The number of benzene rings is 1. The van der Waals surface area contributed by atoms with Gasteiger partial charge in [-0.05, 0) is 49.3 Å². The number of amides is 1. The first kappa shape index (κ1) is 21.0. The van der Waals surface area contributed by atoms with Crippen LogP contribution in [0.25, 0.3) is 0 Å². The SMILES string of the molecule is CCOC(=O)CCC(C)(C)CCC(=O)N(C)CCc1ccc(N)cc1. The van der Waals surface area contributed by atoms with Crippen LogP contribution in [0.2, 0.25) is 0 Å². The Bertz CT molecular complexity index is 553. The van der Waals surface area contributed by atoms with Gasteiger partial charge in [-0.1, -0.05) is 26.0 Å². The number of anilines is 1. The van der Waals surface area contributed by atoms with Crippen LogP contribution in [0.15, 0.2) is 24.3 Å². The summed E-state index contributed by atoms with van der Waals surface area (Å²) in [7, 11) is 1.84. The summed E-state index contributed by atoms with van der Waals surface area (Å²) < 4.78 is 4.96. The molecule has 0 bridgehead atoms. The lowest BCUT2D eigenvalue weighted by atomic mass is 9.83. The second kappa shape index (κ2) is 10.1. The van der Waals surface area contributed by atoms with E-state index in [1.54, 1.807) is 4.90 Å². The second-order valence-corrected chi connectivity index (χ2v) is 7.28. The molecule has 5 heteroatoms. The van der Waals surface area contributed by atoms with Gasteiger partial charge in [0.2, 0.25) is 5.91 Å². The van der Waals surface area contributed by atoms with Crippen molar-refractivity contribution in [1.29, 1.82) is 0 Å². The zero-order valence-electron chi connectivity index (χ0n) is 16.0. The van der Waals surface area contributed by atoms with Crippen LogP contribution in [0, 0.1) is 5.41 Å². The Hall–Kier alpha value is -2.04. The number of carbonyl (C=O) groups excluding carboxylic acids is 2. The van der Waals surface area contributed by atoms with Crippen molar-refractivity contribution in [2.75, 3.05) is 25.9 Å². The molecule has 0 aliphatic carbocycles. The summed E-state index contributed by atoms with van der Waals surface area (Å²) in [5, 5.41) is 0. The Morgan fingerprint density at radius 1 is 1.12 bits per heavy atom. The lowest BCUT2D eigenvalue weighted by Gasteiger charge is -2.25. The lowest BCUT2D eigenvalue weighted by molar-refractivity contribution is -0.143. The van der Waals surface area contributed by atoms with Gasteiger partial charge in [0.05, 0.1) is 6.61 Å². The molecule has 0 heterocycles. The molecule has 0 saturated heterocycles. The summed E-state index contributed by atoms with van der Waals surface area (Å²) in [6, 6.07) is 7.74. The van der Waals surface area contributed by atoms with Gasteiger partial charge in [0.15, 0.2) is 0 Å². The molecule has 5 nitrogen and oxygen atoms in total. The van der Waals surface area contributed by atoms with Gasteiger partial charge < -0.3 is 15.4 Å². The van der Waals surface area contributed by atoms with Crippen LogP contribution in [0.3, 0.4) is 0 Å². The Kier molecular flexibility index (Phi) is 8.46. The number of ether oxygens (including phenoxy) is 1. The molecule has 2 N–H and O–H groups in total. The van der Waals surface area contributed by atoms with Gasteiger partial charge in [-0.3, -0.25) is 9.59 Å². The quantitative estimate of drug-likeness (QED) is 0.519. The molecule has 1 rings (SSSR count). The first-order valence-electron chi connectivity index (χ1n) is 8.97. The van der Waals surface area contributed by atoms with Crippen LogP contribution in [0.5, 0.6) is 0 Å². The summed E-state index contributed by atoms with van der Waals surface area (Å²) in [6.07, 6.45) is 3.20. The van der Waals surface area contributed by atoms with Crippen molar-refractivity contribution in [3.05, 3.63) is 29.8 Å². The van der Waals surface area contributed by atoms with E-state index in [1.807, 2.05) is 38.2 Å². The molecule has 25 heavy (non-hydrogen) atoms. The Morgan fingerprint density at radius 2 is 1.72 bits per heavy atom. The zero-order chi connectivity index (χ0) is 18.9. The van der Waals surface area contributed by atoms with Crippen LogP contribution in [-0.4, -0.2) is 37.0 Å². The molecular weight excluding hydrogens is 316 g/mol. The number of carbonyl (C=O) groups is 2. The topological polar surface area (TPSA) is 72.6 Å². The van der Waals surface area contributed by atoms with E-state index in [1.165, 1.54) is 5.56 Å². The van der Waals surface area contributed by atoms with E-state index >= 15 is 0 Å². The Morgan fingerprint density at radius 3 is 2.32 bits per heavy atom. The fraction of sp³-hybridized carbons (Fsp3) is 0.600. The lowest BCUT2D eigenvalue weighted by Crippen LogP contribution is -2.30. The normalized spacial score (nSPS) is 11.2. The summed E-state index contributed by atoms with van der Waals surface area (Å²) in [6.45, 7) is 7.09. The van der Waals surface area contributed by atoms with Crippen LogP contribution < -0.4 is 5.73 Å². The molecule has 0 fully saturated rings. The Balaban J connectivity index is 2.33. The second-order valence-electron chi connectivity index (χ2n) is 7.28. The zero-order valence-corrected chi connectivity index (χ0v) is 16.0. The maximum atomic E-state index is 12.3. The van der Waals surface area contributed by atoms with Crippen molar-refractivity contribution in [3.63, 3.8) is 0 Å². The van der Waals surface area contributed by atoms with Gasteiger partial charge in [-0.25, -0.2) is 0 Å². The van der Waals surface area contributed by atoms with Crippen LogP contribution in [0.1, 0.15) is 52.0 Å². The molecular formula is C20H32N2O3. The van der Waals surface area contributed by atoms with Gasteiger partial charge in [-0.2, -0.15) is 0 Å². The van der Waals surface area contributed by atoms with Crippen LogP contribution in [0.4, 0.5) is 5.69 Å². The predicted octanol–water partition coefficient (Wildman–Crippen LogP) is 3.42. The smallest absolute Gasteiger partial charge is 0.305 e. The molecule has 1 amide bonds. The van der Waals surface area contributed by atoms with Gasteiger partial charge in [0, 0.05) is 32.1 Å². The standard InChI is InChI=1S/C20H32N2O3/c1-5-25-19(24)11-14-20(2,3)13-10-18(23)22(4)15-12-16-6-8-17(21)9-7-16/h6-9H,5,10-15,21H2,1-4H3. The third kappa shape index (κ3) is 8.57. The van der Waals surface area contributed by atoms with E-state index in [2.05, 4.69) is 13.8 Å². The molecule has 0 spiro atoms. The minimum atomic E-state index is -0.164. The highest BCUT2D eigenvalue weighted by atomic mass is 16.5. The van der Waals surface area contributed by atoms with Crippen LogP contribution >= 0.6 is 0 Å². The molecule has 0 radical (unpaired) electrons. The summed E-state index contributed by atoms with van der Waals surface area (Å²) in [4.78, 5) is 25.6. The predicted molar refractivity (Wildman–Crippen MR) is 101 cm³/mol. The van der Waals surface area contributed by atoms with E-state index < -0.39 is 0 Å². The van der Waals surface area contributed by atoms with Gasteiger partial charge in [-0.15, -0.1) is 0 Å². The fourth-order valence-corrected chi connectivity index (χ4v) is 2.54. The van der Waals surface area contributed by atoms with Crippen molar-refractivity contribution >= 4 is 17.6 Å². The minimum absolute atomic E-state index is 0.0553. The summed E-state index contributed by atoms with van der Waals surface area (Å²) >= 11 is 0. The molecule has 0 unspecified atom stereocenters. The molecule has 0 aliphatic heterocycles. The third-order valence-corrected chi connectivity index (χ3v) is 4.47. The number of likely N-dealkylation sites (N-methyl/N-ethyl adjacent to an activating group) is 1. The van der Waals surface area contributed by atoms with Gasteiger partial charge >= 0.3 is 5.97 Å². The number of nitrogen functional groups attached to an aromatic ring is 1. The number of esters is 1. The van der Waals surface area contributed by atoms with Gasteiger partial charge in [0.25, 0.3) is 0 Å². The number of nitrogens with two attached hydrogens (primary N) is 1. The first-order valence-corrected chi connectivity index (χ1v) is 8.97. The molecule has 0 atom stereocenters. The molecule has 1 aromatic rings. The first-order chi connectivity index (χ1) is 11.7. The van der Waals surface area contributed by atoms with E-state index in [0.717, 1.165) is 24.9 Å². The van der Waals surface area contributed by atoms with E-state index in [9.17, 15) is 9.59 Å². The fourth-order valence-electron chi connectivity index (χ4n) is 2.54. The molecule has 0 aromatic heterocycles. The number of hydrogen-bond acceptors (Lipinski definition) is 4. The maximum absolute atomic E-state index is 12.3. The molecule has 0 aliphatic rings. The van der Waals surface area contributed by atoms with Crippen molar-refractivity contribution in [1.82, 2.24) is 4.90 Å². The van der Waals surface area contributed by atoms with Crippen molar-refractivity contribution < 1.29 is 14.3 Å². The van der Waals surface area contributed by atoms with Gasteiger partial charge in [0.1, 0.15) is 0 Å². The third-order valence-electron chi connectivity index (χ3n) is 4.47. The molecule has 1 aromatic carbocycles. The highest BCUT2D eigenvalue weighted by molar-refractivity contribution is 5.76. The monoisotopic (exact) mass is 348 g/mol. The average molecular weight is 348 g/mol. The minimum Gasteiger partial charge on any atom is -0.466 e. The maximum Gasteiger partial charge on any atom is 0.305 e. The molecule has 0 saturated carbocycles. The average Bonchev–Trinajstić information content (AvgIpc) is 2.57. The molecule has 140 valence electrons. The highest BCUT2D eigenvalue weighted by Crippen LogP contribution is 2.28. The summed E-state index contributed by atoms with van der Waals surface area (Å²) in [5.41, 5.74) is 7.54. The van der Waals surface area contributed by atoms with Crippen molar-refractivity contribution in [2.24, 2.45) is 5.41 Å². The number of rotatable bonds is 10.